The van der Waals surface area contributed by atoms with Crippen LogP contribution in [0.2, 0.25) is 0 Å². The van der Waals surface area contributed by atoms with Crippen LogP contribution in [-0.2, 0) is 0 Å². The van der Waals surface area contributed by atoms with Gasteiger partial charge in [-0.2, -0.15) is 0 Å². The summed E-state index contributed by atoms with van der Waals surface area (Å²) in [5.74, 6) is 1.13. The van der Waals surface area contributed by atoms with Crippen molar-refractivity contribution < 1.29 is 14.3 Å². The fourth-order valence-corrected chi connectivity index (χ4v) is 2.36. The number of hydrogen-bond donors (Lipinski definition) is 1. The van der Waals surface area contributed by atoms with Gasteiger partial charge in [0.05, 0.1) is 6.10 Å². The molecule has 1 unspecified atom stereocenters. The highest BCUT2D eigenvalue weighted by Crippen LogP contribution is 2.20. The van der Waals surface area contributed by atoms with E-state index in [1.165, 1.54) is 0 Å². The molecular weight excluding hydrogens is 268 g/mol. The van der Waals surface area contributed by atoms with Gasteiger partial charge >= 0.3 is 0 Å². The molecule has 0 spiro atoms. The smallest absolute Gasteiger partial charge is 0.289 e. The molecule has 1 aromatic heterocycles. The summed E-state index contributed by atoms with van der Waals surface area (Å²) >= 11 is 0. The molecule has 0 radical (unpaired) electrons. The summed E-state index contributed by atoms with van der Waals surface area (Å²) in [6.07, 6.45) is -0.354. The highest BCUT2D eigenvalue weighted by Gasteiger charge is 2.28. The maximum Gasteiger partial charge on any atom is 0.289 e. The van der Waals surface area contributed by atoms with Crippen LogP contribution in [0.4, 0.5) is 0 Å². The van der Waals surface area contributed by atoms with Crippen LogP contribution in [0.1, 0.15) is 37.1 Å². The van der Waals surface area contributed by atoms with Crippen molar-refractivity contribution in [2.75, 3.05) is 32.7 Å². The van der Waals surface area contributed by atoms with Gasteiger partial charge in [-0.05, 0) is 24.5 Å². The summed E-state index contributed by atoms with van der Waals surface area (Å²) in [5.41, 5.74) is -0.112. The lowest BCUT2D eigenvalue weighted by Crippen LogP contribution is -2.51. The Morgan fingerprint density at radius 1 is 1.29 bits per heavy atom. The van der Waals surface area contributed by atoms with Gasteiger partial charge in [-0.15, -0.1) is 0 Å². The number of piperazine rings is 1. The Morgan fingerprint density at radius 3 is 2.38 bits per heavy atom. The molecule has 21 heavy (non-hydrogen) atoms. The normalized spacial score (nSPS) is 18.8. The molecule has 1 saturated heterocycles. The lowest BCUT2D eigenvalue weighted by molar-refractivity contribution is 0.0131. The van der Waals surface area contributed by atoms with Gasteiger partial charge in [0.15, 0.2) is 5.76 Å². The maximum atomic E-state index is 12.3. The fourth-order valence-electron chi connectivity index (χ4n) is 2.36. The lowest BCUT2D eigenvalue weighted by Gasteiger charge is -2.37. The third-order valence-electron chi connectivity index (χ3n) is 4.04. The number of aryl methyl sites for hydroxylation is 1. The molecule has 5 nitrogen and oxygen atoms in total. The number of carbonyl (C=O) groups excluding carboxylic acids is 1. The zero-order valence-corrected chi connectivity index (χ0v) is 13.4. The zero-order valence-electron chi connectivity index (χ0n) is 13.4. The Morgan fingerprint density at radius 2 is 1.90 bits per heavy atom. The molecule has 1 aliphatic heterocycles. The molecule has 0 aliphatic carbocycles. The van der Waals surface area contributed by atoms with Crippen LogP contribution >= 0.6 is 0 Å². The van der Waals surface area contributed by atoms with Crippen LogP contribution in [0.5, 0.6) is 0 Å². The van der Waals surface area contributed by atoms with Crippen molar-refractivity contribution in [1.29, 1.82) is 0 Å². The van der Waals surface area contributed by atoms with Gasteiger partial charge in [-0.25, -0.2) is 0 Å². The monoisotopic (exact) mass is 294 g/mol. The van der Waals surface area contributed by atoms with Crippen molar-refractivity contribution in [1.82, 2.24) is 9.80 Å². The first kappa shape index (κ1) is 16.0. The van der Waals surface area contributed by atoms with E-state index in [1.54, 1.807) is 6.07 Å². The van der Waals surface area contributed by atoms with Crippen molar-refractivity contribution in [2.45, 2.75) is 33.8 Å². The van der Waals surface area contributed by atoms with Crippen LogP contribution in [0.3, 0.4) is 0 Å². The van der Waals surface area contributed by atoms with E-state index in [1.807, 2.05) is 38.7 Å². The van der Waals surface area contributed by atoms with E-state index in [-0.39, 0.29) is 17.4 Å². The lowest BCUT2D eigenvalue weighted by atomic mass is 9.89. The van der Waals surface area contributed by atoms with E-state index in [4.69, 9.17) is 4.42 Å². The molecule has 1 aliphatic rings. The van der Waals surface area contributed by atoms with Gasteiger partial charge in [-0.3, -0.25) is 9.69 Å². The first-order valence-electron chi connectivity index (χ1n) is 7.53. The summed E-state index contributed by atoms with van der Waals surface area (Å²) in [4.78, 5) is 16.3. The van der Waals surface area contributed by atoms with Gasteiger partial charge in [0.1, 0.15) is 5.76 Å². The second-order valence-corrected chi connectivity index (χ2v) is 6.88. The van der Waals surface area contributed by atoms with Crippen molar-refractivity contribution >= 4 is 5.91 Å². The number of aliphatic hydroxyl groups is 1. The van der Waals surface area contributed by atoms with E-state index in [9.17, 15) is 9.90 Å². The molecule has 2 heterocycles. The molecule has 0 aromatic carbocycles. The second kappa shape index (κ2) is 6.20. The first-order valence-corrected chi connectivity index (χ1v) is 7.53. The number of amides is 1. The number of furan rings is 1. The summed E-state index contributed by atoms with van der Waals surface area (Å²) in [7, 11) is 0. The molecule has 0 saturated carbocycles. The van der Waals surface area contributed by atoms with Crippen LogP contribution in [0.15, 0.2) is 16.5 Å². The molecule has 0 bridgehead atoms. The van der Waals surface area contributed by atoms with Crippen LogP contribution in [-0.4, -0.2) is 59.6 Å². The predicted octanol–water partition coefficient (Wildman–Crippen LogP) is 1.75. The molecule has 5 heteroatoms. The first-order chi connectivity index (χ1) is 9.77. The molecule has 1 amide bonds. The quantitative estimate of drug-likeness (QED) is 0.923. The molecule has 2 rings (SSSR count). The highest BCUT2D eigenvalue weighted by atomic mass is 16.3. The summed E-state index contributed by atoms with van der Waals surface area (Å²) < 4.78 is 5.39. The topological polar surface area (TPSA) is 56.9 Å². The minimum atomic E-state index is -0.354. The zero-order chi connectivity index (χ0) is 15.6. The van der Waals surface area contributed by atoms with Gasteiger partial charge in [-0.1, -0.05) is 20.8 Å². The Labute approximate surface area is 126 Å². The standard InChI is InChI=1S/C16H26N2O3/c1-12-5-6-13(21-12)15(20)18-9-7-17(8-10-18)11-14(19)16(2,3)4/h5-6,14,19H,7-11H2,1-4H3. The molecule has 1 fully saturated rings. The van der Waals surface area contributed by atoms with E-state index in [2.05, 4.69) is 4.90 Å². The third kappa shape index (κ3) is 4.08. The SMILES string of the molecule is Cc1ccc(C(=O)N2CCN(CC(O)C(C)(C)C)CC2)o1. The third-order valence-corrected chi connectivity index (χ3v) is 4.04. The molecular formula is C16H26N2O3. The second-order valence-electron chi connectivity index (χ2n) is 6.88. The Balaban J connectivity index is 1.84. The molecule has 1 aromatic rings. The average molecular weight is 294 g/mol. The van der Waals surface area contributed by atoms with Crippen molar-refractivity contribution in [3.8, 4) is 0 Å². The summed E-state index contributed by atoms with van der Waals surface area (Å²) in [6.45, 7) is 11.5. The fraction of sp³-hybridized carbons (Fsp3) is 0.688. The van der Waals surface area contributed by atoms with Crippen molar-refractivity contribution in [3.63, 3.8) is 0 Å². The Hall–Kier alpha value is -1.33. The van der Waals surface area contributed by atoms with E-state index < -0.39 is 0 Å². The van der Waals surface area contributed by atoms with E-state index in [0.29, 0.717) is 25.4 Å². The number of aliphatic hydroxyl groups excluding tert-OH is 1. The van der Waals surface area contributed by atoms with Gasteiger partial charge < -0.3 is 14.4 Å². The molecule has 118 valence electrons. The number of carbonyl (C=O) groups is 1. The Bertz CT molecular complexity index is 482. The van der Waals surface area contributed by atoms with Gasteiger partial charge in [0.25, 0.3) is 5.91 Å². The summed E-state index contributed by atoms with van der Waals surface area (Å²) in [5, 5.41) is 10.2. The maximum absolute atomic E-state index is 12.3. The number of rotatable bonds is 3. The molecule has 1 N–H and O–H groups in total. The van der Waals surface area contributed by atoms with E-state index >= 15 is 0 Å². The number of hydrogen-bond acceptors (Lipinski definition) is 4. The van der Waals surface area contributed by atoms with Gasteiger partial charge in [0.2, 0.25) is 0 Å². The van der Waals surface area contributed by atoms with Crippen LogP contribution in [0, 0.1) is 12.3 Å². The number of nitrogens with zero attached hydrogens (tertiary/aromatic N) is 2. The van der Waals surface area contributed by atoms with Crippen molar-refractivity contribution in [2.24, 2.45) is 5.41 Å². The van der Waals surface area contributed by atoms with Gasteiger partial charge in [0, 0.05) is 32.7 Å². The summed E-state index contributed by atoms with van der Waals surface area (Å²) in [6, 6.07) is 3.54. The largest absolute Gasteiger partial charge is 0.456 e. The minimum Gasteiger partial charge on any atom is -0.456 e. The highest BCUT2D eigenvalue weighted by molar-refractivity contribution is 5.91. The predicted molar refractivity (Wildman–Crippen MR) is 81.3 cm³/mol. The molecule has 1 atom stereocenters. The Kier molecular flexibility index (Phi) is 4.74. The van der Waals surface area contributed by atoms with Crippen LogP contribution in [0.25, 0.3) is 0 Å². The van der Waals surface area contributed by atoms with Crippen molar-refractivity contribution in [3.05, 3.63) is 23.7 Å². The number of β-amino-alcohol motifs (C(OH)–C–C–N with tert-alkyl or cyclic N) is 1. The van der Waals surface area contributed by atoms with Crippen LogP contribution < -0.4 is 0 Å². The van der Waals surface area contributed by atoms with E-state index in [0.717, 1.165) is 18.8 Å². The average Bonchev–Trinajstić information content (AvgIpc) is 2.84. The minimum absolute atomic E-state index is 0.0425.